The van der Waals surface area contributed by atoms with Gasteiger partial charge >= 0.3 is 0 Å². The number of nitrogens with two attached hydrogens (primary N) is 1. The highest BCUT2D eigenvalue weighted by Crippen LogP contribution is 2.13. The van der Waals surface area contributed by atoms with Crippen LogP contribution < -0.4 is 10.5 Å². The second kappa shape index (κ2) is 6.91. The van der Waals surface area contributed by atoms with Crippen LogP contribution >= 0.6 is 0 Å². The molecule has 4 heteroatoms. The molecule has 0 heterocycles. The first kappa shape index (κ1) is 13.5. The Hall–Kier alpha value is -1.55. The van der Waals surface area contributed by atoms with E-state index in [1.807, 2.05) is 13.8 Å². The van der Waals surface area contributed by atoms with Crippen molar-refractivity contribution in [3.8, 4) is 5.75 Å². The third kappa shape index (κ3) is 3.75. The summed E-state index contributed by atoms with van der Waals surface area (Å²) >= 11 is 0. The lowest BCUT2D eigenvalue weighted by molar-refractivity contribution is 0.0773. The number of rotatable bonds is 6. The second-order valence-electron chi connectivity index (χ2n) is 3.64. The van der Waals surface area contributed by atoms with Crippen molar-refractivity contribution >= 4 is 5.91 Å². The number of ether oxygens (including phenoxy) is 1. The molecule has 17 heavy (non-hydrogen) atoms. The number of hydrogen-bond acceptors (Lipinski definition) is 3. The molecule has 2 N–H and O–H groups in total. The second-order valence-corrected chi connectivity index (χ2v) is 3.64. The molecule has 0 unspecified atom stereocenters. The van der Waals surface area contributed by atoms with Gasteiger partial charge in [-0.05, 0) is 38.1 Å². The summed E-state index contributed by atoms with van der Waals surface area (Å²) in [6.07, 6.45) is 0. The van der Waals surface area contributed by atoms with E-state index in [1.165, 1.54) is 0 Å². The fourth-order valence-electron chi connectivity index (χ4n) is 1.56. The van der Waals surface area contributed by atoms with Crippen molar-refractivity contribution in [3.63, 3.8) is 0 Å². The fraction of sp³-hybridized carbons (Fsp3) is 0.462. The lowest BCUT2D eigenvalue weighted by atomic mass is 10.2. The highest BCUT2D eigenvalue weighted by Gasteiger charge is 2.11. The van der Waals surface area contributed by atoms with E-state index in [2.05, 4.69) is 0 Å². The summed E-state index contributed by atoms with van der Waals surface area (Å²) in [7, 11) is 0. The normalized spacial score (nSPS) is 10.1. The van der Waals surface area contributed by atoms with Crippen LogP contribution in [0.5, 0.6) is 5.75 Å². The van der Waals surface area contributed by atoms with Crippen LogP contribution in [0, 0.1) is 0 Å². The maximum atomic E-state index is 12.0. The van der Waals surface area contributed by atoms with Gasteiger partial charge in [0.1, 0.15) is 12.4 Å². The first-order valence-electron chi connectivity index (χ1n) is 5.95. The molecule has 0 aliphatic carbocycles. The van der Waals surface area contributed by atoms with Crippen molar-refractivity contribution < 1.29 is 9.53 Å². The number of amides is 1. The molecule has 1 aromatic carbocycles. The SMILES string of the molecule is CCN(CC)C(=O)c1ccc(OCCN)cc1. The molecule has 1 rings (SSSR count). The van der Waals surface area contributed by atoms with E-state index >= 15 is 0 Å². The fourth-order valence-corrected chi connectivity index (χ4v) is 1.56. The lowest BCUT2D eigenvalue weighted by Gasteiger charge is -2.18. The number of carbonyl (C=O) groups is 1. The molecule has 94 valence electrons. The standard InChI is InChI=1S/C13H20N2O2/c1-3-15(4-2)13(16)11-5-7-12(8-6-11)17-10-9-14/h5-8H,3-4,9-10,14H2,1-2H3. The van der Waals surface area contributed by atoms with E-state index in [-0.39, 0.29) is 5.91 Å². The zero-order valence-corrected chi connectivity index (χ0v) is 10.5. The molecule has 0 bridgehead atoms. The molecule has 0 saturated carbocycles. The topological polar surface area (TPSA) is 55.6 Å². The van der Waals surface area contributed by atoms with Crippen LogP contribution in [-0.4, -0.2) is 37.0 Å². The zero-order valence-electron chi connectivity index (χ0n) is 10.5. The van der Waals surface area contributed by atoms with Gasteiger partial charge in [0.05, 0.1) is 0 Å². The van der Waals surface area contributed by atoms with E-state index in [0.29, 0.717) is 18.7 Å². The van der Waals surface area contributed by atoms with Gasteiger partial charge in [-0.3, -0.25) is 4.79 Å². The van der Waals surface area contributed by atoms with Crippen LogP contribution in [0.3, 0.4) is 0 Å². The quantitative estimate of drug-likeness (QED) is 0.814. The molecule has 4 nitrogen and oxygen atoms in total. The lowest BCUT2D eigenvalue weighted by Crippen LogP contribution is -2.30. The van der Waals surface area contributed by atoms with E-state index in [0.717, 1.165) is 18.8 Å². The minimum atomic E-state index is 0.0559. The molecule has 0 aliphatic rings. The molecule has 0 radical (unpaired) electrons. The van der Waals surface area contributed by atoms with Crippen LogP contribution in [0.2, 0.25) is 0 Å². The Labute approximate surface area is 102 Å². The minimum absolute atomic E-state index is 0.0559. The molecule has 0 aliphatic heterocycles. The van der Waals surface area contributed by atoms with Gasteiger partial charge < -0.3 is 15.4 Å². The maximum Gasteiger partial charge on any atom is 0.253 e. The monoisotopic (exact) mass is 236 g/mol. The van der Waals surface area contributed by atoms with Gasteiger partial charge in [-0.25, -0.2) is 0 Å². The van der Waals surface area contributed by atoms with Crippen LogP contribution in [0.1, 0.15) is 24.2 Å². The van der Waals surface area contributed by atoms with Crippen molar-refractivity contribution in [2.75, 3.05) is 26.2 Å². The Kier molecular flexibility index (Phi) is 5.49. The molecule has 0 aromatic heterocycles. The van der Waals surface area contributed by atoms with Gasteiger partial charge in [-0.1, -0.05) is 0 Å². The number of benzene rings is 1. The Balaban J connectivity index is 2.69. The van der Waals surface area contributed by atoms with Crippen molar-refractivity contribution in [1.29, 1.82) is 0 Å². The summed E-state index contributed by atoms with van der Waals surface area (Å²) in [6, 6.07) is 7.16. The average molecular weight is 236 g/mol. The highest BCUT2D eigenvalue weighted by molar-refractivity contribution is 5.94. The third-order valence-electron chi connectivity index (χ3n) is 2.54. The molecular weight excluding hydrogens is 216 g/mol. The summed E-state index contributed by atoms with van der Waals surface area (Å²) in [4.78, 5) is 13.8. The van der Waals surface area contributed by atoms with Gasteiger partial charge in [0.2, 0.25) is 0 Å². The average Bonchev–Trinajstić information content (AvgIpc) is 2.38. The predicted molar refractivity (Wildman–Crippen MR) is 68.2 cm³/mol. The van der Waals surface area contributed by atoms with Gasteiger partial charge in [-0.2, -0.15) is 0 Å². The number of nitrogens with zero attached hydrogens (tertiary/aromatic N) is 1. The largest absolute Gasteiger partial charge is 0.492 e. The molecule has 0 saturated heterocycles. The van der Waals surface area contributed by atoms with Crippen molar-refractivity contribution in [2.45, 2.75) is 13.8 Å². The third-order valence-corrected chi connectivity index (χ3v) is 2.54. The summed E-state index contributed by atoms with van der Waals surface area (Å²) in [5.74, 6) is 0.798. The summed E-state index contributed by atoms with van der Waals surface area (Å²) < 4.78 is 5.35. The summed E-state index contributed by atoms with van der Waals surface area (Å²) in [6.45, 7) is 6.37. The molecule has 0 atom stereocenters. The van der Waals surface area contributed by atoms with Gasteiger partial charge in [-0.15, -0.1) is 0 Å². The maximum absolute atomic E-state index is 12.0. The van der Waals surface area contributed by atoms with E-state index < -0.39 is 0 Å². The molecular formula is C13H20N2O2. The van der Waals surface area contributed by atoms with Crippen molar-refractivity contribution in [1.82, 2.24) is 4.90 Å². The van der Waals surface area contributed by atoms with E-state index in [9.17, 15) is 4.79 Å². The van der Waals surface area contributed by atoms with Gasteiger partial charge in [0, 0.05) is 25.2 Å². The first-order chi connectivity index (χ1) is 8.22. The first-order valence-corrected chi connectivity index (χ1v) is 5.95. The van der Waals surface area contributed by atoms with Gasteiger partial charge in [0.15, 0.2) is 0 Å². The number of hydrogen-bond donors (Lipinski definition) is 1. The van der Waals surface area contributed by atoms with Crippen LogP contribution in [0.4, 0.5) is 0 Å². The highest BCUT2D eigenvalue weighted by atomic mass is 16.5. The van der Waals surface area contributed by atoms with Crippen molar-refractivity contribution in [2.24, 2.45) is 5.73 Å². The molecule has 0 spiro atoms. The van der Waals surface area contributed by atoms with E-state index in [4.69, 9.17) is 10.5 Å². The summed E-state index contributed by atoms with van der Waals surface area (Å²) in [5, 5.41) is 0. The predicted octanol–water partition coefficient (Wildman–Crippen LogP) is 1.51. The number of carbonyl (C=O) groups excluding carboxylic acids is 1. The van der Waals surface area contributed by atoms with Crippen LogP contribution in [0.25, 0.3) is 0 Å². The molecule has 1 amide bonds. The Morgan fingerprint density at radius 2 is 1.82 bits per heavy atom. The molecule has 0 fully saturated rings. The van der Waals surface area contributed by atoms with Crippen molar-refractivity contribution in [3.05, 3.63) is 29.8 Å². The Bertz CT molecular complexity index is 345. The minimum Gasteiger partial charge on any atom is -0.492 e. The summed E-state index contributed by atoms with van der Waals surface area (Å²) in [5.41, 5.74) is 6.03. The van der Waals surface area contributed by atoms with Crippen LogP contribution in [-0.2, 0) is 0 Å². The Morgan fingerprint density at radius 1 is 1.24 bits per heavy atom. The smallest absolute Gasteiger partial charge is 0.253 e. The molecule has 1 aromatic rings. The zero-order chi connectivity index (χ0) is 12.7. The van der Waals surface area contributed by atoms with Crippen LogP contribution in [0.15, 0.2) is 24.3 Å². The van der Waals surface area contributed by atoms with E-state index in [1.54, 1.807) is 29.2 Å². The van der Waals surface area contributed by atoms with Gasteiger partial charge in [0.25, 0.3) is 5.91 Å². The Morgan fingerprint density at radius 3 is 2.29 bits per heavy atom.